The Hall–Kier alpha value is -1.26. The minimum atomic E-state index is -0.841. The van der Waals surface area contributed by atoms with E-state index < -0.39 is 11.9 Å². The summed E-state index contributed by atoms with van der Waals surface area (Å²) in [6.45, 7) is 1.82. The fourth-order valence-corrected chi connectivity index (χ4v) is 2.91. The number of carboxylic acids is 1. The molecule has 1 fully saturated rings. The van der Waals surface area contributed by atoms with Gasteiger partial charge in [0.2, 0.25) is 5.91 Å². The number of nitrogens with one attached hydrogen (secondary N) is 1. The molecule has 0 aliphatic heterocycles. The molecule has 0 bridgehead atoms. The molecule has 0 saturated heterocycles. The summed E-state index contributed by atoms with van der Waals surface area (Å²) in [5, 5.41) is 12.5. The predicted octanol–water partition coefficient (Wildman–Crippen LogP) is 3.74. The van der Waals surface area contributed by atoms with Crippen molar-refractivity contribution in [3.05, 3.63) is 27.7 Å². The maximum Gasteiger partial charge on any atom is 0.306 e. The standard InChI is InChI=1S/C14H15Cl2NO3/c1-7-2-5-10(15)12(11(7)16)17-13(18)8-3-4-9(6-8)14(19)20/h2,5,8-9H,3-4,6H2,1H3,(H,17,18)(H,19,20)/t8-,9+/m1/s1. The molecule has 1 aliphatic carbocycles. The van der Waals surface area contributed by atoms with Crippen LogP contribution in [0.1, 0.15) is 24.8 Å². The predicted molar refractivity (Wildman–Crippen MR) is 78.3 cm³/mol. The van der Waals surface area contributed by atoms with Crippen LogP contribution in [0.4, 0.5) is 5.69 Å². The number of aliphatic carboxylic acids is 1. The topological polar surface area (TPSA) is 66.4 Å². The van der Waals surface area contributed by atoms with E-state index in [2.05, 4.69) is 5.32 Å². The Morgan fingerprint density at radius 2 is 1.90 bits per heavy atom. The lowest BCUT2D eigenvalue weighted by atomic mass is 10.0. The van der Waals surface area contributed by atoms with Crippen LogP contribution in [0.2, 0.25) is 10.0 Å². The lowest BCUT2D eigenvalue weighted by molar-refractivity contribution is -0.141. The highest BCUT2D eigenvalue weighted by Crippen LogP contribution is 2.36. The lowest BCUT2D eigenvalue weighted by Gasteiger charge is -2.14. The van der Waals surface area contributed by atoms with Crippen LogP contribution in [-0.4, -0.2) is 17.0 Å². The molecule has 0 radical (unpaired) electrons. The van der Waals surface area contributed by atoms with Crippen molar-refractivity contribution in [1.82, 2.24) is 0 Å². The van der Waals surface area contributed by atoms with Crippen LogP contribution >= 0.6 is 23.2 Å². The normalized spacial score (nSPS) is 21.8. The molecule has 6 heteroatoms. The largest absolute Gasteiger partial charge is 0.481 e. The van der Waals surface area contributed by atoms with Crippen molar-refractivity contribution in [1.29, 1.82) is 0 Å². The van der Waals surface area contributed by atoms with E-state index in [-0.39, 0.29) is 11.8 Å². The molecule has 20 heavy (non-hydrogen) atoms. The van der Waals surface area contributed by atoms with E-state index in [1.54, 1.807) is 12.1 Å². The molecular formula is C14H15Cl2NO3. The Morgan fingerprint density at radius 3 is 2.50 bits per heavy atom. The fourth-order valence-electron chi connectivity index (χ4n) is 2.44. The SMILES string of the molecule is Cc1ccc(Cl)c(NC(=O)[C@@H]2CC[C@H](C(=O)O)C2)c1Cl. The van der Waals surface area contributed by atoms with Crippen molar-refractivity contribution in [2.75, 3.05) is 5.32 Å². The Balaban J connectivity index is 2.10. The summed E-state index contributed by atoms with van der Waals surface area (Å²) in [5.41, 5.74) is 1.22. The maximum absolute atomic E-state index is 12.2. The van der Waals surface area contributed by atoms with Gasteiger partial charge in [-0.1, -0.05) is 29.3 Å². The molecule has 0 aromatic heterocycles. The Kier molecular flexibility index (Phi) is 4.55. The van der Waals surface area contributed by atoms with Gasteiger partial charge >= 0.3 is 5.97 Å². The average molecular weight is 316 g/mol. The molecule has 1 aliphatic rings. The lowest BCUT2D eigenvalue weighted by Crippen LogP contribution is -2.22. The first-order valence-electron chi connectivity index (χ1n) is 6.38. The Bertz CT molecular complexity index is 560. The molecule has 2 atom stereocenters. The van der Waals surface area contributed by atoms with Crippen LogP contribution in [0.15, 0.2) is 12.1 Å². The summed E-state index contributed by atoms with van der Waals surface area (Å²) in [6, 6.07) is 3.45. The van der Waals surface area contributed by atoms with Crippen LogP contribution in [0.5, 0.6) is 0 Å². The van der Waals surface area contributed by atoms with Gasteiger partial charge in [0, 0.05) is 5.92 Å². The number of halogens is 2. The third kappa shape index (κ3) is 3.07. The number of carbonyl (C=O) groups is 2. The zero-order valence-electron chi connectivity index (χ0n) is 11.0. The quantitative estimate of drug-likeness (QED) is 0.892. The van der Waals surface area contributed by atoms with Crippen molar-refractivity contribution >= 4 is 40.8 Å². The molecule has 0 spiro atoms. The number of hydrogen-bond acceptors (Lipinski definition) is 2. The number of anilines is 1. The van der Waals surface area contributed by atoms with Crippen molar-refractivity contribution in [2.45, 2.75) is 26.2 Å². The molecule has 108 valence electrons. The Labute approximate surface area is 127 Å². The number of aryl methyl sites for hydroxylation is 1. The van der Waals surface area contributed by atoms with E-state index in [1.165, 1.54) is 0 Å². The molecule has 1 saturated carbocycles. The van der Waals surface area contributed by atoms with E-state index in [0.717, 1.165) is 5.56 Å². The molecule has 4 nitrogen and oxygen atoms in total. The van der Waals surface area contributed by atoms with Gasteiger partial charge in [-0.2, -0.15) is 0 Å². The number of benzene rings is 1. The summed E-state index contributed by atoms with van der Waals surface area (Å²) < 4.78 is 0. The van der Waals surface area contributed by atoms with E-state index in [1.807, 2.05) is 6.92 Å². The highest BCUT2D eigenvalue weighted by Gasteiger charge is 2.34. The second-order valence-corrected chi connectivity index (χ2v) is 5.87. The summed E-state index contributed by atoms with van der Waals surface area (Å²) in [4.78, 5) is 23.1. The van der Waals surface area contributed by atoms with Crippen molar-refractivity contribution in [2.24, 2.45) is 11.8 Å². The average Bonchev–Trinajstić information content (AvgIpc) is 2.89. The zero-order chi connectivity index (χ0) is 14.9. The van der Waals surface area contributed by atoms with Gasteiger partial charge in [-0.25, -0.2) is 0 Å². The molecule has 1 aromatic carbocycles. The summed E-state index contributed by atoms with van der Waals surface area (Å²) in [7, 11) is 0. The monoisotopic (exact) mass is 315 g/mol. The summed E-state index contributed by atoms with van der Waals surface area (Å²) in [5.74, 6) is -1.80. The Morgan fingerprint density at radius 1 is 1.25 bits per heavy atom. The molecule has 2 rings (SSSR count). The third-order valence-corrected chi connectivity index (χ3v) is 4.49. The van der Waals surface area contributed by atoms with Gasteiger partial charge < -0.3 is 10.4 Å². The number of carbonyl (C=O) groups excluding carboxylic acids is 1. The first-order chi connectivity index (χ1) is 9.40. The molecule has 0 heterocycles. The van der Waals surface area contributed by atoms with Gasteiger partial charge in [-0.3, -0.25) is 9.59 Å². The summed E-state index contributed by atoms with van der Waals surface area (Å²) >= 11 is 12.2. The minimum absolute atomic E-state index is 0.219. The highest BCUT2D eigenvalue weighted by atomic mass is 35.5. The van der Waals surface area contributed by atoms with Crippen LogP contribution in [0.25, 0.3) is 0 Å². The van der Waals surface area contributed by atoms with Crippen molar-refractivity contribution in [3.63, 3.8) is 0 Å². The highest BCUT2D eigenvalue weighted by molar-refractivity contribution is 6.40. The van der Waals surface area contributed by atoms with Gasteiger partial charge in [0.1, 0.15) is 0 Å². The van der Waals surface area contributed by atoms with Gasteiger partial charge in [0.05, 0.1) is 21.7 Å². The van der Waals surface area contributed by atoms with Crippen LogP contribution in [0.3, 0.4) is 0 Å². The molecule has 1 amide bonds. The number of rotatable bonds is 3. The molecule has 0 unspecified atom stereocenters. The van der Waals surface area contributed by atoms with Gasteiger partial charge in [0.15, 0.2) is 0 Å². The number of amides is 1. The first kappa shape index (κ1) is 15.1. The second-order valence-electron chi connectivity index (χ2n) is 5.09. The van der Waals surface area contributed by atoms with E-state index in [4.69, 9.17) is 28.3 Å². The van der Waals surface area contributed by atoms with Gasteiger partial charge in [-0.15, -0.1) is 0 Å². The number of hydrogen-bond donors (Lipinski definition) is 2. The smallest absolute Gasteiger partial charge is 0.306 e. The van der Waals surface area contributed by atoms with Crippen molar-refractivity contribution < 1.29 is 14.7 Å². The zero-order valence-corrected chi connectivity index (χ0v) is 12.5. The van der Waals surface area contributed by atoms with Gasteiger partial charge in [0.25, 0.3) is 0 Å². The first-order valence-corrected chi connectivity index (χ1v) is 7.14. The summed E-state index contributed by atoms with van der Waals surface area (Å²) in [6.07, 6.45) is 1.47. The van der Waals surface area contributed by atoms with Crippen LogP contribution < -0.4 is 5.32 Å². The van der Waals surface area contributed by atoms with Crippen molar-refractivity contribution in [3.8, 4) is 0 Å². The second kappa shape index (κ2) is 6.02. The van der Waals surface area contributed by atoms with E-state index in [9.17, 15) is 9.59 Å². The van der Waals surface area contributed by atoms with E-state index in [0.29, 0.717) is 35.0 Å². The van der Waals surface area contributed by atoms with Gasteiger partial charge in [-0.05, 0) is 37.8 Å². The minimum Gasteiger partial charge on any atom is -0.481 e. The molecular weight excluding hydrogens is 301 g/mol. The van der Waals surface area contributed by atoms with Crippen LogP contribution in [0, 0.1) is 18.8 Å². The third-order valence-electron chi connectivity index (χ3n) is 3.69. The fraction of sp³-hybridized carbons (Fsp3) is 0.429. The molecule has 2 N–H and O–H groups in total. The molecule has 1 aromatic rings. The number of carboxylic acid groups (broad SMARTS) is 1. The maximum atomic E-state index is 12.2. The van der Waals surface area contributed by atoms with Crippen LogP contribution in [-0.2, 0) is 9.59 Å². The van der Waals surface area contributed by atoms with E-state index >= 15 is 0 Å².